The van der Waals surface area contributed by atoms with Crippen molar-refractivity contribution >= 4 is 27.7 Å². The van der Waals surface area contributed by atoms with E-state index in [1.807, 2.05) is 6.07 Å². The number of aromatic nitrogens is 1. The Bertz CT molecular complexity index is 1140. The first kappa shape index (κ1) is 17.3. The van der Waals surface area contributed by atoms with Crippen molar-refractivity contribution in [2.45, 2.75) is 19.9 Å². The van der Waals surface area contributed by atoms with E-state index in [1.165, 1.54) is 34.0 Å². The molecule has 4 rings (SSSR count). The van der Waals surface area contributed by atoms with Gasteiger partial charge in [-0.25, -0.2) is 4.39 Å². The second kappa shape index (κ2) is 6.88. The van der Waals surface area contributed by atoms with Crippen LogP contribution >= 0.6 is 0 Å². The third-order valence-electron chi connectivity index (χ3n) is 5.07. The summed E-state index contributed by atoms with van der Waals surface area (Å²) >= 11 is 0. The monoisotopic (exact) mass is 360 g/mol. The number of hydrogen-bond donors (Lipinski definition) is 1. The molecule has 0 aliphatic rings. The summed E-state index contributed by atoms with van der Waals surface area (Å²) in [5.41, 5.74) is 5.43. The number of benzene rings is 3. The van der Waals surface area contributed by atoms with Crippen molar-refractivity contribution in [2.75, 3.05) is 0 Å². The van der Waals surface area contributed by atoms with Gasteiger partial charge in [0.2, 0.25) is 5.91 Å². The fourth-order valence-electron chi connectivity index (χ4n) is 3.64. The number of nitrogens with one attached hydrogen (secondary N) is 1. The summed E-state index contributed by atoms with van der Waals surface area (Å²) in [7, 11) is 2.06. The average Bonchev–Trinajstić information content (AvgIpc) is 2.95. The van der Waals surface area contributed by atoms with Gasteiger partial charge in [0.25, 0.3) is 0 Å². The largest absolute Gasteiger partial charge is 0.352 e. The fourth-order valence-corrected chi connectivity index (χ4v) is 3.64. The van der Waals surface area contributed by atoms with E-state index in [-0.39, 0.29) is 11.7 Å². The van der Waals surface area contributed by atoms with Crippen LogP contribution in [0.25, 0.3) is 21.8 Å². The molecule has 136 valence electrons. The van der Waals surface area contributed by atoms with Crippen molar-refractivity contribution in [2.24, 2.45) is 7.05 Å². The summed E-state index contributed by atoms with van der Waals surface area (Å²) in [4.78, 5) is 12.3. The minimum Gasteiger partial charge on any atom is -0.352 e. The first-order chi connectivity index (χ1) is 13.0. The van der Waals surface area contributed by atoms with Gasteiger partial charge in [-0.1, -0.05) is 36.4 Å². The molecule has 4 aromatic rings. The minimum absolute atomic E-state index is 0.0476. The molecule has 1 aromatic heterocycles. The van der Waals surface area contributed by atoms with Crippen molar-refractivity contribution in [1.82, 2.24) is 9.88 Å². The maximum Gasteiger partial charge on any atom is 0.224 e. The zero-order valence-corrected chi connectivity index (χ0v) is 15.4. The third-order valence-corrected chi connectivity index (χ3v) is 5.07. The molecule has 1 amide bonds. The van der Waals surface area contributed by atoms with Gasteiger partial charge in [0.1, 0.15) is 5.82 Å². The van der Waals surface area contributed by atoms with Crippen LogP contribution in [0.2, 0.25) is 0 Å². The van der Waals surface area contributed by atoms with E-state index < -0.39 is 0 Å². The number of hydrogen-bond acceptors (Lipinski definition) is 1. The van der Waals surface area contributed by atoms with Crippen LogP contribution in [0.4, 0.5) is 4.39 Å². The van der Waals surface area contributed by atoms with Gasteiger partial charge in [-0.05, 0) is 47.9 Å². The van der Waals surface area contributed by atoms with Crippen molar-refractivity contribution in [1.29, 1.82) is 0 Å². The van der Waals surface area contributed by atoms with E-state index in [1.54, 1.807) is 12.1 Å². The van der Waals surface area contributed by atoms with Crippen LogP contribution in [0.1, 0.15) is 16.7 Å². The predicted octanol–water partition coefficient (Wildman–Crippen LogP) is 4.64. The van der Waals surface area contributed by atoms with Gasteiger partial charge in [0.05, 0.1) is 6.42 Å². The van der Waals surface area contributed by atoms with E-state index >= 15 is 0 Å². The average molecular weight is 360 g/mol. The van der Waals surface area contributed by atoms with Crippen LogP contribution in [0.15, 0.2) is 60.7 Å². The van der Waals surface area contributed by atoms with Gasteiger partial charge in [-0.3, -0.25) is 4.79 Å². The lowest BCUT2D eigenvalue weighted by Gasteiger charge is -2.06. The summed E-state index contributed by atoms with van der Waals surface area (Å²) < 4.78 is 15.1. The molecule has 0 radical (unpaired) electrons. The molecule has 3 aromatic carbocycles. The maximum atomic E-state index is 12.9. The number of fused-ring (bicyclic) bond motifs is 3. The molecule has 0 bridgehead atoms. The van der Waals surface area contributed by atoms with Gasteiger partial charge in [0.15, 0.2) is 0 Å². The number of halogens is 1. The van der Waals surface area contributed by atoms with Gasteiger partial charge < -0.3 is 9.88 Å². The SMILES string of the molecule is Cc1cccc2c1c1ccc(CC(=O)NCc3ccc(F)cc3)cc1n2C. The predicted molar refractivity (Wildman–Crippen MR) is 107 cm³/mol. The second-order valence-corrected chi connectivity index (χ2v) is 6.96. The summed E-state index contributed by atoms with van der Waals surface area (Å²) in [6.07, 6.45) is 0.317. The quantitative estimate of drug-likeness (QED) is 0.565. The van der Waals surface area contributed by atoms with Gasteiger partial charge in [-0.2, -0.15) is 0 Å². The highest BCUT2D eigenvalue weighted by Gasteiger charge is 2.11. The number of amides is 1. The zero-order chi connectivity index (χ0) is 19.0. The Morgan fingerprint density at radius 2 is 1.74 bits per heavy atom. The number of carbonyl (C=O) groups excluding carboxylic acids is 1. The number of rotatable bonds is 4. The summed E-state index contributed by atoms with van der Waals surface area (Å²) in [6, 6.07) is 18.7. The Balaban J connectivity index is 1.54. The van der Waals surface area contributed by atoms with Crippen LogP contribution in [-0.2, 0) is 24.8 Å². The van der Waals surface area contributed by atoms with E-state index in [9.17, 15) is 9.18 Å². The zero-order valence-electron chi connectivity index (χ0n) is 15.4. The number of carbonyl (C=O) groups is 1. The topological polar surface area (TPSA) is 34.0 Å². The number of aryl methyl sites for hydroxylation is 2. The maximum absolute atomic E-state index is 12.9. The van der Waals surface area contributed by atoms with Crippen LogP contribution in [0.5, 0.6) is 0 Å². The molecule has 1 heterocycles. The summed E-state index contributed by atoms with van der Waals surface area (Å²) in [5.74, 6) is -0.322. The Morgan fingerprint density at radius 3 is 2.52 bits per heavy atom. The van der Waals surface area contributed by atoms with E-state index in [4.69, 9.17) is 0 Å². The highest BCUT2D eigenvalue weighted by Crippen LogP contribution is 2.31. The molecular weight excluding hydrogens is 339 g/mol. The molecule has 0 aliphatic heterocycles. The second-order valence-electron chi connectivity index (χ2n) is 6.96. The molecule has 0 atom stereocenters. The van der Waals surface area contributed by atoms with Gasteiger partial charge in [0, 0.05) is 35.4 Å². The molecule has 0 unspecified atom stereocenters. The first-order valence-electron chi connectivity index (χ1n) is 9.01. The molecule has 0 spiro atoms. The molecule has 0 saturated heterocycles. The summed E-state index contributed by atoms with van der Waals surface area (Å²) in [6.45, 7) is 2.52. The highest BCUT2D eigenvalue weighted by atomic mass is 19.1. The molecule has 1 N–H and O–H groups in total. The Kier molecular flexibility index (Phi) is 4.40. The molecule has 3 nitrogen and oxygen atoms in total. The van der Waals surface area contributed by atoms with Crippen molar-refractivity contribution in [3.63, 3.8) is 0 Å². The third kappa shape index (κ3) is 3.31. The highest BCUT2D eigenvalue weighted by molar-refractivity contribution is 6.09. The smallest absolute Gasteiger partial charge is 0.224 e. The number of nitrogens with zero attached hydrogens (tertiary/aromatic N) is 1. The van der Waals surface area contributed by atoms with E-state index in [0.717, 1.165) is 16.6 Å². The van der Waals surface area contributed by atoms with Crippen molar-refractivity contribution in [3.8, 4) is 0 Å². The molecule has 0 saturated carbocycles. The Labute approximate surface area is 157 Å². The molecule has 0 fully saturated rings. The molecule has 27 heavy (non-hydrogen) atoms. The van der Waals surface area contributed by atoms with Crippen LogP contribution < -0.4 is 5.32 Å². The van der Waals surface area contributed by atoms with Crippen LogP contribution in [0.3, 0.4) is 0 Å². The van der Waals surface area contributed by atoms with Gasteiger partial charge >= 0.3 is 0 Å². The molecular formula is C23H21FN2O. The lowest BCUT2D eigenvalue weighted by atomic mass is 10.0. The van der Waals surface area contributed by atoms with Crippen LogP contribution in [0, 0.1) is 12.7 Å². The Hall–Kier alpha value is -3.14. The minimum atomic E-state index is -0.274. The molecule has 4 heteroatoms. The Morgan fingerprint density at radius 1 is 1.00 bits per heavy atom. The fraction of sp³-hybridized carbons (Fsp3) is 0.174. The normalized spacial score (nSPS) is 11.2. The molecule has 0 aliphatic carbocycles. The standard InChI is InChI=1S/C23H21FN2O/c1-15-4-3-5-20-23(15)19-11-8-17(12-21(19)26(20)2)13-22(27)25-14-16-6-9-18(24)10-7-16/h3-12H,13-14H2,1-2H3,(H,25,27). The van der Waals surface area contributed by atoms with Gasteiger partial charge in [-0.15, -0.1) is 0 Å². The van der Waals surface area contributed by atoms with Crippen molar-refractivity contribution in [3.05, 3.63) is 83.2 Å². The lowest BCUT2D eigenvalue weighted by molar-refractivity contribution is -0.120. The summed E-state index contributed by atoms with van der Waals surface area (Å²) in [5, 5.41) is 5.37. The van der Waals surface area contributed by atoms with E-state index in [2.05, 4.69) is 54.2 Å². The first-order valence-corrected chi connectivity index (χ1v) is 9.01. The van der Waals surface area contributed by atoms with Crippen molar-refractivity contribution < 1.29 is 9.18 Å². The lowest BCUT2D eigenvalue weighted by Crippen LogP contribution is -2.24. The van der Waals surface area contributed by atoms with E-state index in [0.29, 0.717) is 13.0 Å². The van der Waals surface area contributed by atoms with Crippen LogP contribution in [-0.4, -0.2) is 10.5 Å².